The van der Waals surface area contributed by atoms with Crippen molar-refractivity contribution in [1.29, 1.82) is 0 Å². The van der Waals surface area contributed by atoms with Gasteiger partial charge in [-0.15, -0.1) is 0 Å². The third kappa shape index (κ3) is 3.70. The van der Waals surface area contributed by atoms with Crippen LogP contribution in [0.5, 0.6) is 0 Å². The lowest BCUT2D eigenvalue weighted by atomic mass is 9.63. The highest BCUT2D eigenvalue weighted by Gasteiger charge is 2.68. The number of nitrogens with zero attached hydrogens (tertiary/aromatic N) is 1. The van der Waals surface area contributed by atoms with Crippen molar-refractivity contribution in [1.82, 2.24) is 0 Å². The van der Waals surface area contributed by atoms with Gasteiger partial charge in [0.25, 0.3) is 0 Å². The summed E-state index contributed by atoms with van der Waals surface area (Å²) < 4.78 is 5.57. The Morgan fingerprint density at radius 1 is 1.09 bits per heavy atom. The molecule has 5 rings (SSSR count). The van der Waals surface area contributed by atoms with Gasteiger partial charge in [0.15, 0.2) is 0 Å². The first-order chi connectivity index (χ1) is 15.8. The number of primary amides is 1. The summed E-state index contributed by atoms with van der Waals surface area (Å²) in [6.07, 6.45) is 7.92. The molecule has 33 heavy (non-hydrogen) atoms. The van der Waals surface area contributed by atoms with Crippen LogP contribution in [0.2, 0.25) is 0 Å². The Bertz CT molecular complexity index is 1140. The Labute approximate surface area is 196 Å². The number of rotatable bonds is 6. The molecule has 0 saturated heterocycles. The van der Waals surface area contributed by atoms with E-state index in [1.165, 1.54) is 43.2 Å². The van der Waals surface area contributed by atoms with E-state index >= 15 is 0 Å². The predicted molar refractivity (Wildman–Crippen MR) is 133 cm³/mol. The van der Waals surface area contributed by atoms with Gasteiger partial charge in [-0.2, -0.15) is 0 Å². The quantitative estimate of drug-likeness (QED) is 0.448. The number of aryl methyl sites for hydroxylation is 1. The number of carbonyl (C=O) groups excluding carboxylic acids is 1. The summed E-state index contributed by atoms with van der Waals surface area (Å²) in [7, 11) is 1.60. The highest BCUT2D eigenvalue weighted by atomic mass is 16.5. The average molecular weight is 443 g/mol. The zero-order valence-electron chi connectivity index (χ0n) is 20.0. The number of hydrogen-bond acceptors (Lipinski definition) is 3. The van der Waals surface area contributed by atoms with Crippen molar-refractivity contribution in [2.45, 2.75) is 57.8 Å². The second-order valence-electron chi connectivity index (χ2n) is 10.7. The van der Waals surface area contributed by atoms with Gasteiger partial charge < -0.3 is 10.5 Å². The molecule has 3 aliphatic rings. The average Bonchev–Trinajstić information content (AvgIpc) is 3.37. The molecule has 3 saturated carbocycles. The van der Waals surface area contributed by atoms with Crippen molar-refractivity contribution in [3.63, 3.8) is 0 Å². The molecule has 172 valence electrons. The second kappa shape index (κ2) is 7.86. The molecule has 2 bridgehead atoms. The van der Waals surface area contributed by atoms with E-state index in [1.54, 1.807) is 31.4 Å². The van der Waals surface area contributed by atoms with Crippen LogP contribution in [0, 0.1) is 17.3 Å². The molecule has 0 radical (unpaired) electrons. The van der Waals surface area contributed by atoms with Crippen LogP contribution < -0.4 is 5.73 Å². The second-order valence-corrected chi connectivity index (χ2v) is 10.7. The number of methoxy groups -OCH3 is 1. The number of aliphatic imine (C=N–C) groups is 1. The van der Waals surface area contributed by atoms with Crippen LogP contribution in [0.4, 0.5) is 0 Å². The largest absolute Gasteiger partial charge is 0.481 e. The van der Waals surface area contributed by atoms with Crippen molar-refractivity contribution in [2.24, 2.45) is 28.0 Å². The molecule has 0 aromatic heterocycles. The van der Waals surface area contributed by atoms with Crippen molar-refractivity contribution in [3.8, 4) is 0 Å². The molecule has 4 atom stereocenters. The zero-order chi connectivity index (χ0) is 23.4. The summed E-state index contributed by atoms with van der Waals surface area (Å²) in [6.45, 7) is 8.99. The minimum Gasteiger partial charge on any atom is -0.481 e. The Morgan fingerprint density at radius 3 is 2.45 bits per heavy atom. The Hall–Kier alpha value is -2.88. The molecular weight excluding hydrogens is 408 g/mol. The van der Waals surface area contributed by atoms with Gasteiger partial charge >= 0.3 is 0 Å². The number of benzene rings is 2. The standard InChI is InChI=1S/C29H34N2O2/c1-5-20-6-11-23(12-25(20)29-14-18(2)13-28(17-29)15-24(28)16-29)19(3)31-27(33-4)22-9-7-21(8-10-22)26(30)32/h6-12,18,24H,3,5,13-17H2,1-2,4H3,(H2,30,32)/b31-27-. The Balaban J connectivity index is 1.47. The lowest BCUT2D eigenvalue weighted by Crippen LogP contribution is -2.34. The SMILES string of the molecule is C=C(/N=C(\OC)c1ccc(C(N)=O)cc1)c1ccc(CC)c(C23CC(C)CC4(CC4C2)C3)c1. The number of carbonyl (C=O) groups is 1. The molecule has 4 unspecified atom stereocenters. The van der Waals surface area contributed by atoms with E-state index in [0.29, 0.717) is 28.0 Å². The number of fused-ring (bicyclic) bond motifs is 1. The first kappa shape index (κ1) is 21.9. The van der Waals surface area contributed by atoms with E-state index in [-0.39, 0.29) is 0 Å². The van der Waals surface area contributed by atoms with Gasteiger partial charge in [-0.3, -0.25) is 4.79 Å². The maximum absolute atomic E-state index is 11.4. The number of hydrogen-bond donors (Lipinski definition) is 1. The van der Waals surface area contributed by atoms with Gasteiger partial charge in [-0.05, 0) is 108 Å². The minimum atomic E-state index is -0.451. The van der Waals surface area contributed by atoms with Crippen LogP contribution in [0.15, 0.2) is 54.0 Å². The molecule has 3 aliphatic carbocycles. The smallest absolute Gasteiger partial charge is 0.248 e. The van der Waals surface area contributed by atoms with Gasteiger partial charge in [0.05, 0.1) is 12.8 Å². The summed E-state index contributed by atoms with van der Waals surface area (Å²) in [6, 6.07) is 13.8. The molecule has 1 spiro atoms. The summed E-state index contributed by atoms with van der Waals surface area (Å²) in [5, 5.41) is 0. The van der Waals surface area contributed by atoms with E-state index in [0.717, 1.165) is 29.4 Å². The Kier molecular flexibility index (Phi) is 5.23. The molecule has 1 amide bonds. The van der Waals surface area contributed by atoms with Crippen LogP contribution in [0.25, 0.3) is 5.70 Å². The van der Waals surface area contributed by atoms with Crippen molar-refractivity contribution in [2.75, 3.05) is 7.11 Å². The molecule has 0 aliphatic heterocycles. The molecule has 3 fully saturated rings. The van der Waals surface area contributed by atoms with Crippen LogP contribution in [-0.4, -0.2) is 18.9 Å². The summed E-state index contributed by atoms with van der Waals surface area (Å²) in [5.74, 6) is 1.75. The topological polar surface area (TPSA) is 64.7 Å². The maximum Gasteiger partial charge on any atom is 0.248 e. The monoisotopic (exact) mass is 442 g/mol. The summed E-state index contributed by atoms with van der Waals surface area (Å²) in [4.78, 5) is 16.1. The van der Waals surface area contributed by atoms with E-state index in [2.05, 4.69) is 38.6 Å². The number of amides is 1. The minimum absolute atomic E-state index is 0.320. The molecule has 0 heterocycles. The lowest BCUT2D eigenvalue weighted by molar-refractivity contribution is 0.1000. The Morgan fingerprint density at radius 2 is 1.79 bits per heavy atom. The van der Waals surface area contributed by atoms with Crippen LogP contribution in [0.3, 0.4) is 0 Å². The van der Waals surface area contributed by atoms with Crippen LogP contribution in [0.1, 0.15) is 78.6 Å². The normalized spacial score (nSPS) is 30.0. The molecule has 4 heteroatoms. The maximum atomic E-state index is 11.4. The number of ether oxygens (including phenoxy) is 1. The molecule has 2 aromatic rings. The van der Waals surface area contributed by atoms with Crippen LogP contribution in [-0.2, 0) is 16.6 Å². The van der Waals surface area contributed by atoms with Gasteiger partial charge in [-0.1, -0.05) is 32.6 Å². The van der Waals surface area contributed by atoms with E-state index in [4.69, 9.17) is 15.5 Å². The highest BCUT2D eigenvalue weighted by Crippen LogP contribution is 2.76. The van der Waals surface area contributed by atoms with Crippen molar-refractivity contribution >= 4 is 17.5 Å². The van der Waals surface area contributed by atoms with E-state index in [1.807, 2.05) is 0 Å². The number of nitrogens with two attached hydrogens (primary N) is 1. The van der Waals surface area contributed by atoms with Crippen LogP contribution >= 0.6 is 0 Å². The third-order valence-corrected chi connectivity index (χ3v) is 8.42. The fourth-order valence-corrected chi connectivity index (χ4v) is 7.13. The summed E-state index contributed by atoms with van der Waals surface area (Å²) in [5.41, 5.74) is 12.3. The zero-order valence-corrected chi connectivity index (χ0v) is 20.0. The fourth-order valence-electron chi connectivity index (χ4n) is 7.13. The highest BCUT2D eigenvalue weighted by molar-refractivity contribution is 5.99. The van der Waals surface area contributed by atoms with Crippen molar-refractivity contribution in [3.05, 3.63) is 76.9 Å². The van der Waals surface area contributed by atoms with Gasteiger partial charge in [0.1, 0.15) is 0 Å². The first-order valence-electron chi connectivity index (χ1n) is 12.1. The molecule has 4 nitrogen and oxygen atoms in total. The van der Waals surface area contributed by atoms with Gasteiger partial charge in [0, 0.05) is 11.1 Å². The molecule has 2 aromatic carbocycles. The predicted octanol–water partition coefficient (Wildman–Crippen LogP) is 5.88. The van der Waals surface area contributed by atoms with Crippen molar-refractivity contribution < 1.29 is 9.53 Å². The summed E-state index contributed by atoms with van der Waals surface area (Å²) >= 11 is 0. The van der Waals surface area contributed by atoms with Gasteiger partial charge in [-0.25, -0.2) is 4.99 Å². The molecule has 2 N–H and O–H groups in total. The lowest BCUT2D eigenvalue weighted by Gasteiger charge is -2.41. The molecular formula is C29H34N2O2. The third-order valence-electron chi connectivity index (χ3n) is 8.42. The fraction of sp³-hybridized carbons (Fsp3) is 0.448. The first-order valence-corrected chi connectivity index (χ1v) is 12.1. The van der Waals surface area contributed by atoms with E-state index < -0.39 is 5.91 Å². The van der Waals surface area contributed by atoms with Gasteiger partial charge in [0.2, 0.25) is 11.8 Å². The van der Waals surface area contributed by atoms with E-state index in [9.17, 15) is 4.79 Å².